The maximum atomic E-state index is 12.1. The third-order valence-electron chi connectivity index (χ3n) is 2.91. The molecule has 0 saturated heterocycles. The van der Waals surface area contributed by atoms with E-state index in [4.69, 9.17) is 0 Å². The van der Waals surface area contributed by atoms with Crippen LogP contribution >= 0.6 is 24.0 Å². The molecular weight excluding hydrogens is 469 g/mol. The molecule has 25 heavy (non-hydrogen) atoms. The molecule has 0 heterocycles. The molecule has 0 fully saturated rings. The van der Waals surface area contributed by atoms with Gasteiger partial charge in [-0.15, -0.1) is 24.0 Å². The second-order valence-corrected chi connectivity index (χ2v) is 6.85. The number of rotatable bonds is 8. The number of hydrogen-bond acceptors (Lipinski definition) is 4. The third kappa shape index (κ3) is 10.4. The summed E-state index contributed by atoms with van der Waals surface area (Å²) in [6, 6.07) is 6.32. The van der Waals surface area contributed by atoms with Crippen LogP contribution in [0.4, 0.5) is 8.78 Å². The minimum atomic E-state index is -3.22. The fourth-order valence-electron chi connectivity index (χ4n) is 1.92. The van der Waals surface area contributed by atoms with Crippen LogP contribution in [0.15, 0.2) is 29.3 Å². The van der Waals surface area contributed by atoms with Gasteiger partial charge in [-0.05, 0) is 17.7 Å². The van der Waals surface area contributed by atoms with E-state index in [0.717, 1.165) is 11.8 Å². The Kier molecular flexibility index (Phi) is 10.9. The minimum Gasteiger partial charge on any atom is -0.435 e. The Labute approximate surface area is 163 Å². The maximum Gasteiger partial charge on any atom is 0.387 e. The Morgan fingerprint density at radius 2 is 1.88 bits per heavy atom. The topological polar surface area (TPSA) is 83.0 Å². The van der Waals surface area contributed by atoms with Crippen LogP contribution in [-0.4, -0.2) is 59.3 Å². The van der Waals surface area contributed by atoms with Gasteiger partial charge in [0.2, 0.25) is 10.0 Å². The first-order valence-electron chi connectivity index (χ1n) is 7.11. The zero-order valence-electron chi connectivity index (χ0n) is 14.2. The number of alkyl halides is 2. The molecule has 0 radical (unpaired) electrons. The van der Waals surface area contributed by atoms with Gasteiger partial charge in [0.1, 0.15) is 5.75 Å². The third-order valence-corrected chi connectivity index (χ3v) is 3.64. The number of hydrogen-bond donors (Lipinski definition) is 2. The van der Waals surface area contributed by atoms with Crippen LogP contribution in [0, 0.1) is 0 Å². The number of aliphatic imine (C=N–C) groups is 1. The highest BCUT2D eigenvalue weighted by Gasteiger charge is 2.08. The predicted molar refractivity (Wildman–Crippen MR) is 104 cm³/mol. The number of halogens is 3. The number of nitrogens with one attached hydrogen (secondary N) is 2. The lowest BCUT2D eigenvalue weighted by Crippen LogP contribution is -2.42. The Hall–Kier alpha value is -1.21. The van der Waals surface area contributed by atoms with Crippen molar-refractivity contribution in [3.63, 3.8) is 0 Å². The minimum absolute atomic E-state index is 0. The summed E-state index contributed by atoms with van der Waals surface area (Å²) in [6.07, 6.45) is 1.09. The molecule has 0 spiro atoms. The summed E-state index contributed by atoms with van der Waals surface area (Å²) in [4.78, 5) is 5.93. The van der Waals surface area contributed by atoms with Gasteiger partial charge in [-0.25, -0.2) is 13.1 Å². The lowest BCUT2D eigenvalue weighted by molar-refractivity contribution is -0.0498. The van der Waals surface area contributed by atoms with Gasteiger partial charge in [0.25, 0.3) is 0 Å². The first kappa shape index (κ1) is 23.8. The van der Waals surface area contributed by atoms with Gasteiger partial charge in [0, 0.05) is 33.7 Å². The average Bonchev–Trinajstić information content (AvgIpc) is 2.47. The highest BCUT2D eigenvalue weighted by Crippen LogP contribution is 2.15. The van der Waals surface area contributed by atoms with E-state index in [1.807, 2.05) is 11.9 Å². The molecule has 0 amide bonds. The summed E-state index contributed by atoms with van der Waals surface area (Å²) in [5.74, 6) is 0.684. The molecule has 2 N–H and O–H groups in total. The number of guanidine groups is 1. The normalized spacial score (nSPS) is 11.8. The second kappa shape index (κ2) is 11.4. The molecule has 0 atom stereocenters. The molecule has 11 heteroatoms. The average molecular weight is 492 g/mol. The number of nitrogens with zero attached hydrogens (tertiary/aromatic N) is 2. The summed E-state index contributed by atoms with van der Waals surface area (Å²) in [6.45, 7) is -1.73. The highest BCUT2D eigenvalue weighted by molar-refractivity contribution is 14.0. The standard InChI is InChI=1S/C14H22F2N4O3S.HI/c1-17-14(18-8-9-19-24(3,21)22)20(2)10-11-4-6-12(7-5-11)23-13(15)16;/h4-7,13,19H,8-10H2,1-3H3,(H,17,18);1H. The smallest absolute Gasteiger partial charge is 0.387 e. The molecule has 1 aromatic rings. The SMILES string of the molecule is CN=C(NCCNS(C)(=O)=O)N(C)Cc1ccc(OC(F)F)cc1.I. The van der Waals surface area contributed by atoms with E-state index in [0.29, 0.717) is 19.0 Å². The van der Waals surface area contributed by atoms with Crippen LogP contribution in [-0.2, 0) is 16.6 Å². The van der Waals surface area contributed by atoms with Crippen molar-refractivity contribution in [2.24, 2.45) is 4.99 Å². The van der Waals surface area contributed by atoms with E-state index >= 15 is 0 Å². The van der Waals surface area contributed by atoms with Crippen molar-refractivity contribution in [2.45, 2.75) is 13.2 Å². The molecule has 0 aliphatic heterocycles. The van der Waals surface area contributed by atoms with Crippen molar-refractivity contribution in [1.82, 2.24) is 14.9 Å². The fraction of sp³-hybridized carbons (Fsp3) is 0.500. The summed E-state index contributed by atoms with van der Waals surface area (Å²) < 4.78 is 52.8. The molecule has 0 aromatic heterocycles. The number of sulfonamides is 1. The zero-order valence-corrected chi connectivity index (χ0v) is 17.3. The highest BCUT2D eigenvalue weighted by atomic mass is 127. The summed E-state index contributed by atoms with van der Waals surface area (Å²) in [7, 11) is 0.203. The fourth-order valence-corrected chi connectivity index (χ4v) is 2.39. The first-order valence-corrected chi connectivity index (χ1v) is 9.00. The van der Waals surface area contributed by atoms with Crippen molar-refractivity contribution in [1.29, 1.82) is 0 Å². The van der Waals surface area contributed by atoms with Gasteiger partial charge >= 0.3 is 6.61 Å². The van der Waals surface area contributed by atoms with E-state index in [9.17, 15) is 17.2 Å². The lowest BCUT2D eigenvalue weighted by atomic mass is 10.2. The van der Waals surface area contributed by atoms with E-state index in [1.165, 1.54) is 12.1 Å². The Balaban J connectivity index is 0.00000576. The molecule has 1 rings (SSSR count). The summed E-state index contributed by atoms with van der Waals surface area (Å²) in [5, 5.41) is 3.02. The van der Waals surface area contributed by atoms with E-state index in [1.54, 1.807) is 19.2 Å². The van der Waals surface area contributed by atoms with Crippen molar-refractivity contribution in [2.75, 3.05) is 33.4 Å². The van der Waals surface area contributed by atoms with Crippen LogP contribution < -0.4 is 14.8 Å². The molecule has 144 valence electrons. The second-order valence-electron chi connectivity index (χ2n) is 5.02. The Morgan fingerprint density at radius 1 is 1.28 bits per heavy atom. The summed E-state index contributed by atoms with van der Waals surface area (Å²) >= 11 is 0. The van der Waals surface area contributed by atoms with Gasteiger partial charge < -0.3 is 15.0 Å². The van der Waals surface area contributed by atoms with Crippen molar-refractivity contribution in [3.05, 3.63) is 29.8 Å². The van der Waals surface area contributed by atoms with Crippen LogP contribution in [0.3, 0.4) is 0 Å². The molecule has 0 aliphatic rings. The van der Waals surface area contributed by atoms with E-state index < -0.39 is 16.6 Å². The molecule has 0 saturated carbocycles. The molecule has 1 aromatic carbocycles. The monoisotopic (exact) mass is 492 g/mol. The zero-order chi connectivity index (χ0) is 18.2. The van der Waals surface area contributed by atoms with Crippen molar-refractivity contribution < 1.29 is 21.9 Å². The quantitative estimate of drug-likeness (QED) is 0.249. The van der Waals surface area contributed by atoms with Gasteiger partial charge in [-0.3, -0.25) is 4.99 Å². The van der Waals surface area contributed by atoms with Crippen LogP contribution in [0.2, 0.25) is 0 Å². The van der Waals surface area contributed by atoms with Crippen LogP contribution in [0.5, 0.6) is 5.75 Å². The molecule has 0 unspecified atom stereocenters. The maximum absolute atomic E-state index is 12.1. The number of benzene rings is 1. The van der Waals surface area contributed by atoms with Crippen molar-refractivity contribution >= 4 is 40.0 Å². The first-order chi connectivity index (χ1) is 11.2. The summed E-state index contributed by atoms with van der Waals surface area (Å²) in [5.41, 5.74) is 0.885. The largest absolute Gasteiger partial charge is 0.435 e. The molecule has 7 nitrogen and oxygen atoms in total. The van der Waals surface area contributed by atoms with Gasteiger partial charge in [-0.1, -0.05) is 12.1 Å². The predicted octanol–water partition coefficient (Wildman–Crippen LogP) is 1.46. The Morgan fingerprint density at radius 3 is 2.36 bits per heavy atom. The van der Waals surface area contributed by atoms with Gasteiger partial charge in [-0.2, -0.15) is 8.78 Å². The Bertz CT molecular complexity index is 642. The van der Waals surface area contributed by atoms with E-state index in [-0.39, 0.29) is 36.3 Å². The molecular formula is C14H23F2IN4O3S. The number of ether oxygens (including phenoxy) is 1. The van der Waals surface area contributed by atoms with Crippen LogP contribution in [0.25, 0.3) is 0 Å². The van der Waals surface area contributed by atoms with Crippen molar-refractivity contribution in [3.8, 4) is 5.75 Å². The van der Waals surface area contributed by atoms with Crippen LogP contribution in [0.1, 0.15) is 5.56 Å². The van der Waals surface area contributed by atoms with E-state index in [2.05, 4.69) is 19.8 Å². The van der Waals surface area contributed by atoms with Gasteiger partial charge in [0.05, 0.1) is 6.26 Å². The van der Waals surface area contributed by atoms with Gasteiger partial charge in [0.15, 0.2) is 5.96 Å². The molecule has 0 aliphatic carbocycles. The lowest BCUT2D eigenvalue weighted by Gasteiger charge is -2.22. The molecule has 0 bridgehead atoms.